The van der Waals surface area contributed by atoms with Crippen molar-refractivity contribution < 1.29 is 22.7 Å². The molecule has 10 heavy (non-hydrogen) atoms. The molecule has 0 rings (SSSR count). The first-order valence-electron chi connectivity index (χ1n) is 2.48. The highest BCUT2D eigenvalue weighted by molar-refractivity contribution is 4.74. The molecule has 0 saturated carbocycles. The molecule has 2 unspecified atom stereocenters. The fourth-order valence-electron chi connectivity index (χ4n) is 0.338. The van der Waals surface area contributed by atoms with Crippen molar-refractivity contribution in [3.63, 3.8) is 0 Å². The van der Waals surface area contributed by atoms with Crippen molar-refractivity contribution in [1.82, 2.24) is 0 Å². The Morgan fingerprint density at radius 1 is 1.40 bits per heavy atom. The van der Waals surface area contributed by atoms with Crippen molar-refractivity contribution >= 4 is 0 Å². The standard InChI is InChI=1S/C4H7F4NO/c5-3(2(10)1-9)4(6,7)8/h2-3,10H,1,9H2. The van der Waals surface area contributed by atoms with Crippen LogP contribution in [-0.4, -0.2) is 30.1 Å². The second-order valence-electron chi connectivity index (χ2n) is 1.75. The smallest absolute Gasteiger partial charge is 0.388 e. The largest absolute Gasteiger partial charge is 0.422 e. The van der Waals surface area contributed by atoms with Crippen molar-refractivity contribution in [1.29, 1.82) is 0 Å². The Labute approximate surface area is 54.6 Å². The SMILES string of the molecule is NCC(O)C(F)C(F)(F)F. The van der Waals surface area contributed by atoms with Crippen LogP contribution in [0.4, 0.5) is 17.6 Å². The Hall–Kier alpha value is -0.360. The molecule has 0 spiro atoms. The molecule has 0 heterocycles. The summed E-state index contributed by atoms with van der Waals surface area (Å²) in [6.07, 6.45) is -10.4. The number of halogens is 4. The molecule has 0 bridgehead atoms. The molecular formula is C4H7F4NO. The van der Waals surface area contributed by atoms with Crippen LogP contribution >= 0.6 is 0 Å². The third kappa shape index (κ3) is 2.49. The van der Waals surface area contributed by atoms with E-state index in [0.717, 1.165) is 0 Å². The lowest BCUT2D eigenvalue weighted by Gasteiger charge is -2.15. The van der Waals surface area contributed by atoms with Crippen LogP contribution in [0.25, 0.3) is 0 Å². The summed E-state index contributed by atoms with van der Waals surface area (Å²) < 4.78 is 45.7. The van der Waals surface area contributed by atoms with Crippen molar-refractivity contribution in [2.24, 2.45) is 5.73 Å². The van der Waals surface area contributed by atoms with E-state index in [9.17, 15) is 17.6 Å². The molecule has 0 aromatic carbocycles. The maximum absolute atomic E-state index is 11.8. The summed E-state index contributed by atoms with van der Waals surface area (Å²) in [4.78, 5) is 0. The number of aliphatic hydroxyl groups is 1. The molecular weight excluding hydrogens is 154 g/mol. The third-order valence-corrected chi connectivity index (χ3v) is 0.892. The van der Waals surface area contributed by atoms with Gasteiger partial charge in [0.25, 0.3) is 0 Å². The number of nitrogens with two attached hydrogens (primary N) is 1. The van der Waals surface area contributed by atoms with E-state index in [1.807, 2.05) is 0 Å². The quantitative estimate of drug-likeness (QED) is 0.568. The fourth-order valence-corrected chi connectivity index (χ4v) is 0.338. The van der Waals surface area contributed by atoms with Gasteiger partial charge in [-0.05, 0) is 0 Å². The summed E-state index contributed by atoms with van der Waals surface area (Å²) in [5, 5.41) is 8.24. The van der Waals surface area contributed by atoms with Crippen LogP contribution < -0.4 is 5.73 Å². The molecule has 3 N–H and O–H groups in total. The van der Waals surface area contributed by atoms with Crippen LogP contribution in [0.5, 0.6) is 0 Å². The lowest BCUT2D eigenvalue weighted by atomic mass is 10.2. The van der Waals surface area contributed by atoms with E-state index >= 15 is 0 Å². The Kier molecular flexibility index (Phi) is 3.04. The summed E-state index contributed by atoms with van der Waals surface area (Å²) in [5.41, 5.74) is 4.58. The summed E-state index contributed by atoms with van der Waals surface area (Å²) in [7, 11) is 0. The van der Waals surface area contributed by atoms with Gasteiger partial charge in [-0.15, -0.1) is 0 Å². The maximum Gasteiger partial charge on any atom is 0.422 e. The topological polar surface area (TPSA) is 46.2 Å². The van der Waals surface area contributed by atoms with E-state index in [0.29, 0.717) is 0 Å². The molecule has 0 aliphatic rings. The first kappa shape index (κ1) is 9.64. The Balaban J connectivity index is 3.94. The predicted octanol–water partition coefficient (Wildman–Crippen LogP) is 0.206. The molecule has 0 amide bonds. The van der Waals surface area contributed by atoms with Crippen LogP contribution in [0.3, 0.4) is 0 Å². The molecule has 0 fully saturated rings. The average Bonchev–Trinajstić information content (AvgIpc) is 1.83. The summed E-state index contributed by atoms with van der Waals surface area (Å²) >= 11 is 0. The minimum atomic E-state index is -5.02. The van der Waals surface area contributed by atoms with E-state index in [1.54, 1.807) is 0 Å². The highest BCUT2D eigenvalue weighted by Gasteiger charge is 2.44. The number of aliphatic hydroxyl groups excluding tert-OH is 1. The van der Waals surface area contributed by atoms with Gasteiger partial charge in [-0.25, -0.2) is 4.39 Å². The number of rotatable bonds is 2. The van der Waals surface area contributed by atoms with Gasteiger partial charge in [0.05, 0.1) is 0 Å². The van der Waals surface area contributed by atoms with Gasteiger partial charge >= 0.3 is 6.18 Å². The molecule has 62 valence electrons. The van der Waals surface area contributed by atoms with Crippen molar-refractivity contribution in [2.45, 2.75) is 18.5 Å². The minimum Gasteiger partial charge on any atom is -0.388 e. The predicted molar refractivity (Wildman–Crippen MR) is 26.0 cm³/mol. The first-order valence-corrected chi connectivity index (χ1v) is 2.48. The van der Waals surface area contributed by atoms with E-state index in [2.05, 4.69) is 5.73 Å². The number of hydrogen-bond acceptors (Lipinski definition) is 2. The van der Waals surface area contributed by atoms with Gasteiger partial charge in [-0.3, -0.25) is 0 Å². The Morgan fingerprint density at radius 2 is 1.80 bits per heavy atom. The minimum absolute atomic E-state index is 0.735. The van der Waals surface area contributed by atoms with Gasteiger partial charge in [0.15, 0.2) is 0 Å². The van der Waals surface area contributed by atoms with Crippen molar-refractivity contribution in [3.8, 4) is 0 Å². The molecule has 2 atom stereocenters. The molecule has 0 aliphatic heterocycles. The summed E-state index contributed by atoms with van der Waals surface area (Å²) in [6.45, 7) is -0.735. The van der Waals surface area contributed by atoms with Crippen LogP contribution in [0.2, 0.25) is 0 Å². The highest BCUT2D eigenvalue weighted by Crippen LogP contribution is 2.24. The van der Waals surface area contributed by atoms with Crippen molar-refractivity contribution in [3.05, 3.63) is 0 Å². The monoisotopic (exact) mass is 161 g/mol. The first-order chi connectivity index (χ1) is 4.39. The van der Waals surface area contributed by atoms with Crippen LogP contribution in [0, 0.1) is 0 Å². The molecule has 0 aliphatic carbocycles. The van der Waals surface area contributed by atoms with Gasteiger partial charge in [0, 0.05) is 6.54 Å². The zero-order chi connectivity index (χ0) is 8.36. The fraction of sp³-hybridized carbons (Fsp3) is 1.00. The Morgan fingerprint density at radius 3 is 1.90 bits per heavy atom. The lowest BCUT2D eigenvalue weighted by Crippen LogP contribution is -2.40. The van der Waals surface area contributed by atoms with E-state index in [4.69, 9.17) is 5.11 Å². The molecule has 0 aromatic heterocycles. The molecule has 2 nitrogen and oxygen atoms in total. The highest BCUT2D eigenvalue weighted by atomic mass is 19.4. The van der Waals surface area contributed by atoms with Gasteiger partial charge in [0.1, 0.15) is 6.10 Å². The normalized spacial score (nSPS) is 18.6. The zero-order valence-electron chi connectivity index (χ0n) is 4.90. The number of alkyl halides is 4. The molecule has 0 radical (unpaired) electrons. The second-order valence-corrected chi connectivity index (χ2v) is 1.75. The van der Waals surface area contributed by atoms with Gasteiger partial charge in [-0.2, -0.15) is 13.2 Å². The summed E-state index contributed by atoms with van der Waals surface area (Å²) in [6, 6.07) is 0. The van der Waals surface area contributed by atoms with Gasteiger partial charge in [0.2, 0.25) is 6.17 Å². The van der Waals surface area contributed by atoms with Gasteiger partial charge in [-0.1, -0.05) is 0 Å². The molecule has 0 saturated heterocycles. The maximum atomic E-state index is 11.8. The molecule has 6 heteroatoms. The summed E-state index contributed by atoms with van der Waals surface area (Å²) in [5.74, 6) is 0. The third-order valence-electron chi connectivity index (χ3n) is 0.892. The zero-order valence-corrected chi connectivity index (χ0v) is 4.90. The lowest BCUT2D eigenvalue weighted by molar-refractivity contribution is -0.203. The van der Waals surface area contributed by atoms with Crippen LogP contribution in [0.1, 0.15) is 0 Å². The number of hydrogen-bond donors (Lipinski definition) is 2. The molecule has 0 aromatic rings. The van der Waals surface area contributed by atoms with Gasteiger partial charge < -0.3 is 10.8 Å². The van der Waals surface area contributed by atoms with Crippen LogP contribution in [-0.2, 0) is 0 Å². The van der Waals surface area contributed by atoms with E-state index < -0.39 is 25.0 Å². The van der Waals surface area contributed by atoms with Crippen molar-refractivity contribution in [2.75, 3.05) is 6.54 Å². The van der Waals surface area contributed by atoms with Crippen LogP contribution in [0.15, 0.2) is 0 Å². The Bertz CT molecular complexity index is 104. The second kappa shape index (κ2) is 3.16. The average molecular weight is 161 g/mol. The van der Waals surface area contributed by atoms with E-state index in [-0.39, 0.29) is 0 Å². The van der Waals surface area contributed by atoms with E-state index in [1.165, 1.54) is 0 Å².